The van der Waals surface area contributed by atoms with E-state index in [-0.39, 0.29) is 36.0 Å². The van der Waals surface area contributed by atoms with E-state index < -0.39 is 17.8 Å². The lowest BCUT2D eigenvalue weighted by Crippen LogP contribution is -2.57. The average molecular weight is 578 g/mol. The lowest BCUT2D eigenvalue weighted by atomic mass is 9.80. The van der Waals surface area contributed by atoms with Crippen molar-refractivity contribution in [2.45, 2.75) is 50.4 Å². The van der Waals surface area contributed by atoms with Gasteiger partial charge in [-0.25, -0.2) is 4.79 Å². The van der Waals surface area contributed by atoms with Crippen LogP contribution in [0.2, 0.25) is 0 Å². The van der Waals surface area contributed by atoms with Gasteiger partial charge in [0.05, 0.1) is 19.3 Å². The van der Waals surface area contributed by atoms with Gasteiger partial charge in [-0.05, 0) is 68.5 Å². The van der Waals surface area contributed by atoms with E-state index in [2.05, 4.69) is 10.2 Å². The van der Waals surface area contributed by atoms with Crippen molar-refractivity contribution in [3.63, 3.8) is 0 Å². The predicted molar refractivity (Wildman–Crippen MR) is 155 cm³/mol. The zero-order valence-corrected chi connectivity index (χ0v) is 24.2. The number of aliphatic hydroxyl groups is 1. The summed E-state index contributed by atoms with van der Waals surface area (Å²) in [5, 5.41) is 12.6. The smallest absolute Gasteiger partial charge is 0.337 e. The summed E-state index contributed by atoms with van der Waals surface area (Å²) >= 11 is 0. The summed E-state index contributed by atoms with van der Waals surface area (Å²) < 4.78 is 17.0. The van der Waals surface area contributed by atoms with Crippen molar-refractivity contribution in [3.8, 4) is 0 Å². The van der Waals surface area contributed by atoms with Gasteiger partial charge in [-0.15, -0.1) is 0 Å². The fraction of sp³-hybridized carbons (Fsp3) is 0.469. The molecule has 0 aliphatic carbocycles. The van der Waals surface area contributed by atoms with Crippen molar-refractivity contribution in [1.82, 2.24) is 10.2 Å². The Hall–Kier alpha value is -3.89. The summed E-state index contributed by atoms with van der Waals surface area (Å²) in [5.74, 6) is -0.848. The van der Waals surface area contributed by atoms with Crippen LogP contribution < -0.4 is 10.2 Å². The largest absolute Gasteiger partial charge is 0.465 e. The van der Waals surface area contributed by atoms with Crippen molar-refractivity contribution in [3.05, 3.63) is 77.6 Å². The maximum absolute atomic E-state index is 13.9. The molecule has 3 aliphatic rings. The molecule has 2 aromatic carbocycles. The molecule has 3 atom stereocenters. The fourth-order valence-corrected chi connectivity index (χ4v) is 6.36. The summed E-state index contributed by atoms with van der Waals surface area (Å²) in [7, 11) is 1.34. The molecule has 2 aromatic rings. The molecule has 3 heterocycles. The third kappa shape index (κ3) is 5.73. The van der Waals surface area contributed by atoms with Gasteiger partial charge in [-0.2, -0.15) is 0 Å². The van der Waals surface area contributed by atoms with Gasteiger partial charge in [-0.1, -0.05) is 30.3 Å². The SMILES string of the molecule is CCO[C@H]1OC(C(=O)N2CCC3(CC2)C(=O)NCN3c2ccccc2)=C[C@@H](c2ccc(C(=O)OC)cc2)[C@H]1CCCO. The summed E-state index contributed by atoms with van der Waals surface area (Å²) in [5.41, 5.74) is 1.61. The van der Waals surface area contributed by atoms with E-state index in [4.69, 9.17) is 14.2 Å². The maximum Gasteiger partial charge on any atom is 0.337 e. The zero-order chi connectivity index (χ0) is 29.7. The number of rotatable bonds is 9. The molecule has 42 heavy (non-hydrogen) atoms. The second-order valence-electron chi connectivity index (χ2n) is 10.9. The van der Waals surface area contributed by atoms with Gasteiger partial charge in [0.2, 0.25) is 12.2 Å². The minimum Gasteiger partial charge on any atom is -0.465 e. The monoisotopic (exact) mass is 577 g/mol. The highest BCUT2D eigenvalue weighted by atomic mass is 16.7. The van der Waals surface area contributed by atoms with Crippen LogP contribution in [0.25, 0.3) is 0 Å². The second-order valence-corrected chi connectivity index (χ2v) is 10.9. The molecule has 5 rings (SSSR count). The zero-order valence-electron chi connectivity index (χ0n) is 24.2. The highest BCUT2D eigenvalue weighted by Gasteiger charge is 2.51. The maximum atomic E-state index is 13.9. The highest BCUT2D eigenvalue weighted by molar-refractivity contribution is 5.95. The minimum absolute atomic E-state index is 0.00909. The number of likely N-dealkylation sites (tertiary alicyclic amines) is 1. The fourth-order valence-electron chi connectivity index (χ4n) is 6.36. The molecule has 0 radical (unpaired) electrons. The number of hydrogen-bond acceptors (Lipinski definition) is 8. The number of amides is 2. The predicted octanol–water partition coefficient (Wildman–Crippen LogP) is 3.18. The van der Waals surface area contributed by atoms with Crippen LogP contribution in [-0.2, 0) is 23.8 Å². The molecule has 2 fully saturated rings. The number of nitrogens with zero attached hydrogens (tertiary/aromatic N) is 2. The van der Waals surface area contributed by atoms with E-state index in [1.54, 1.807) is 17.0 Å². The van der Waals surface area contributed by atoms with Crippen LogP contribution in [0.15, 0.2) is 66.4 Å². The van der Waals surface area contributed by atoms with E-state index in [0.29, 0.717) is 57.6 Å². The number of allylic oxidation sites excluding steroid dienone is 1. The third-order valence-electron chi connectivity index (χ3n) is 8.62. The number of anilines is 1. The molecule has 1 spiro atoms. The molecular formula is C32H39N3O7. The number of para-hydroxylation sites is 1. The molecule has 2 amide bonds. The van der Waals surface area contributed by atoms with E-state index in [1.165, 1.54) is 7.11 Å². The van der Waals surface area contributed by atoms with Gasteiger partial charge >= 0.3 is 5.97 Å². The molecule has 0 bridgehead atoms. The number of aliphatic hydroxyl groups excluding tert-OH is 1. The molecular weight excluding hydrogens is 538 g/mol. The number of carbonyl (C=O) groups is 3. The molecule has 0 aromatic heterocycles. The summed E-state index contributed by atoms with van der Waals surface area (Å²) in [6.45, 7) is 3.55. The first-order valence-electron chi connectivity index (χ1n) is 14.6. The molecule has 2 saturated heterocycles. The number of esters is 1. The standard InChI is InChI=1S/C32H39N3O7/c1-3-41-30-25(10-7-19-36)26(22-11-13-23(14-12-22)29(38)40-2)20-27(42-30)28(37)34-17-15-32(16-18-34)31(39)33-21-35(32)24-8-5-4-6-9-24/h4-6,8-9,11-14,20,25-26,30,36H,3,7,10,15-19,21H2,1-2H3,(H,33,39)/t25-,26+,30+/m1/s1. The lowest BCUT2D eigenvalue weighted by molar-refractivity contribution is -0.171. The molecule has 0 unspecified atom stereocenters. The Bertz CT molecular complexity index is 1290. The number of nitrogens with one attached hydrogen (secondary N) is 1. The molecule has 224 valence electrons. The highest BCUT2D eigenvalue weighted by Crippen LogP contribution is 2.41. The molecule has 3 aliphatic heterocycles. The van der Waals surface area contributed by atoms with Gasteiger partial charge in [-0.3, -0.25) is 9.59 Å². The first kappa shape index (κ1) is 29.6. The van der Waals surface area contributed by atoms with E-state index >= 15 is 0 Å². The number of piperidine rings is 1. The van der Waals surface area contributed by atoms with Crippen LogP contribution in [0, 0.1) is 5.92 Å². The average Bonchev–Trinajstić information content (AvgIpc) is 3.34. The van der Waals surface area contributed by atoms with Crippen LogP contribution in [0.3, 0.4) is 0 Å². The van der Waals surface area contributed by atoms with Crippen molar-refractivity contribution < 1.29 is 33.7 Å². The normalized spacial score (nSPS) is 23.3. The molecule has 0 saturated carbocycles. The van der Waals surface area contributed by atoms with Gasteiger partial charge in [0.25, 0.3) is 5.91 Å². The number of benzene rings is 2. The third-order valence-corrected chi connectivity index (χ3v) is 8.62. The lowest BCUT2D eigenvalue weighted by Gasteiger charge is -2.44. The number of hydrogen-bond donors (Lipinski definition) is 2. The summed E-state index contributed by atoms with van der Waals surface area (Å²) in [4.78, 5) is 42.8. The van der Waals surface area contributed by atoms with E-state index in [1.807, 2.05) is 55.5 Å². The van der Waals surface area contributed by atoms with Crippen LogP contribution >= 0.6 is 0 Å². The molecule has 10 heteroatoms. The van der Waals surface area contributed by atoms with Crippen LogP contribution in [0.1, 0.15) is 54.4 Å². The first-order valence-corrected chi connectivity index (χ1v) is 14.6. The van der Waals surface area contributed by atoms with Gasteiger partial charge < -0.3 is 34.4 Å². The second kappa shape index (κ2) is 13.0. The molecule has 2 N–H and O–H groups in total. The van der Waals surface area contributed by atoms with Crippen LogP contribution in [0.5, 0.6) is 0 Å². The van der Waals surface area contributed by atoms with E-state index in [0.717, 1.165) is 11.3 Å². The summed E-state index contributed by atoms with van der Waals surface area (Å²) in [6, 6.07) is 17.0. The minimum atomic E-state index is -0.701. The quantitative estimate of drug-likeness (QED) is 0.437. The molecule has 10 nitrogen and oxygen atoms in total. The van der Waals surface area contributed by atoms with Gasteiger partial charge in [0, 0.05) is 43.8 Å². The Morgan fingerprint density at radius 2 is 1.81 bits per heavy atom. The van der Waals surface area contributed by atoms with Gasteiger partial charge in [0.15, 0.2) is 5.76 Å². The summed E-state index contributed by atoms with van der Waals surface area (Å²) in [6.07, 6.45) is 3.34. The Labute approximate surface area is 246 Å². The van der Waals surface area contributed by atoms with Crippen molar-refractivity contribution >= 4 is 23.5 Å². The Morgan fingerprint density at radius 1 is 1.10 bits per heavy atom. The Kier molecular flexibility index (Phi) is 9.13. The number of carbonyl (C=O) groups excluding carboxylic acids is 3. The first-order chi connectivity index (χ1) is 20.4. The number of methoxy groups -OCH3 is 1. The Balaban J connectivity index is 1.38. The topological polar surface area (TPSA) is 118 Å². The van der Waals surface area contributed by atoms with Crippen LogP contribution in [-0.4, -0.2) is 79.7 Å². The van der Waals surface area contributed by atoms with E-state index in [9.17, 15) is 19.5 Å². The van der Waals surface area contributed by atoms with Crippen molar-refractivity contribution in [1.29, 1.82) is 0 Å². The Morgan fingerprint density at radius 3 is 2.45 bits per heavy atom. The van der Waals surface area contributed by atoms with Crippen LogP contribution in [0.4, 0.5) is 5.69 Å². The van der Waals surface area contributed by atoms with Crippen molar-refractivity contribution in [2.24, 2.45) is 5.92 Å². The van der Waals surface area contributed by atoms with Crippen molar-refractivity contribution in [2.75, 3.05) is 45.0 Å². The number of ether oxygens (including phenoxy) is 3. The van der Waals surface area contributed by atoms with Gasteiger partial charge in [0.1, 0.15) is 5.54 Å².